The summed E-state index contributed by atoms with van der Waals surface area (Å²) in [6.07, 6.45) is 1.81. The third kappa shape index (κ3) is 3.60. The number of aromatic nitrogens is 2. The molecule has 0 radical (unpaired) electrons. The maximum absolute atomic E-state index is 9.87. The number of benzene rings is 1. The van der Waals surface area contributed by atoms with Crippen LogP contribution in [0.5, 0.6) is 11.5 Å². The van der Waals surface area contributed by atoms with Crippen LogP contribution in [0.25, 0.3) is 11.4 Å². The molecule has 21 heavy (non-hydrogen) atoms. The van der Waals surface area contributed by atoms with Gasteiger partial charge in [0.05, 0.1) is 20.8 Å². The van der Waals surface area contributed by atoms with Gasteiger partial charge in [-0.25, -0.2) is 9.97 Å². The van der Waals surface area contributed by atoms with Crippen LogP contribution in [0.1, 0.15) is 19.0 Å². The number of phenolic OH excluding ortho intramolecular Hbond substituents is 1. The van der Waals surface area contributed by atoms with Crippen molar-refractivity contribution in [2.75, 3.05) is 7.11 Å². The van der Waals surface area contributed by atoms with E-state index in [9.17, 15) is 5.11 Å². The monoisotopic (exact) mass is 482 g/mol. The number of ether oxygens (including phenoxy) is 1. The SMILES string of the molecule is CCCc1nc(-c2cc(Br)c(O)c(OC)c2)nc(Cl)c1I. The van der Waals surface area contributed by atoms with Gasteiger partial charge < -0.3 is 9.84 Å². The molecule has 0 spiro atoms. The van der Waals surface area contributed by atoms with Gasteiger partial charge in [-0.15, -0.1) is 0 Å². The van der Waals surface area contributed by atoms with Gasteiger partial charge in [0.1, 0.15) is 5.15 Å². The van der Waals surface area contributed by atoms with Crippen molar-refractivity contribution < 1.29 is 9.84 Å². The molecule has 4 nitrogen and oxygen atoms in total. The fourth-order valence-corrected chi connectivity index (χ4v) is 3.00. The molecule has 0 aliphatic heterocycles. The second-order valence-electron chi connectivity index (χ2n) is 4.36. The van der Waals surface area contributed by atoms with Gasteiger partial charge >= 0.3 is 0 Å². The Bertz CT molecular complexity index is 683. The van der Waals surface area contributed by atoms with E-state index in [2.05, 4.69) is 55.4 Å². The van der Waals surface area contributed by atoms with E-state index in [1.54, 1.807) is 12.1 Å². The number of halogens is 3. The normalized spacial score (nSPS) is 10.7. The average molecular weight is 484 g/mol. The van der Waals surface area contributed by atoms with Crippen LogP contribution >= 0.6 is 50.1 Å². The Morgan fingerprint density at radius 2 is 2.10 bits per heavy atom. The first kappa shape index (κ1) is 16.8. The molecule has 7 heteroatoms. The Labute approximate surface area is 150 Å². The molecule has 1 N–H and O–H groups in total. The summed E-state index contributed by atoms with van der Waals surface area (Å²) in [4.78, 5) is 8.90. The number of hydrogen-bond donors (Lipinski definition) is 1. The lowest BCUT2D eigenvalue weighted by molar-refractivity contribution is 0.372. The molecule has 1 aromatic carbocycles. The molecule has 0 bridgehead atoms. The Kier molecular flexibility index (Phi) is 5.67. The van der Waals surface area contributed by atoms with Crippen LogP contribution in [0.4, 0.5) is 0 Å². The number of aromatic hydroxyl groups is 1. The molecule has 0 aliphatic rings. The fraction of sp³-hybridized carbons (Fsp3) is 0.286. The number of methoxy groups -OCH3 is 1. The molecule has 0 atom stereocenters. The summed E-state index contributed by atoms with van der Waals surface area (Å²) in [5.41, 5.74) is 1.66. The Morgan fingerprint density at radius 3 is 2.71 bits per heavy atom. The van der Waals surface area contributed by atoms with Crippen LogP contribution in [0, 0.1) is 3.57 Å². The van der Waals surface area contributed by atoms with E-state index in [-0.39, 0.29) is 5.75 Å². The minimum Gasteiger partial charge on any atom is -0.503 e. The largest absolute Gasteiger partial charge is 0.503 e. The average Bonchev–Trinajstić information content (AvgIpc) is 2.46. The first-order valence-electron chi connectivity index (χ1n) is 6.26. The fourth-order valence-electron chi connectivity index (χ4n) is 1.85. The first-order chi connectivity index (χ1) is 9.97. The summed E-state index contributed by atoms with van der Waals surface area (Å²) in [7, 11) is 1.50. The molecule has 0 aliphatic carbocycles. The van der Waals surface area contributed by atoms with Gasteiger partial charge in [-0.2, -0.15) is 0 Å². The van der Waals surface area contributed by atoms with E-state index in [0.29, 0.717) is 21.2 Å². The highest BCUT2D eigenvalue weighted by molar-refractivity contribution is 14.1. The maximum atomic E-state index is 9.87. The molecule has 0 saturated carbocycles. The highest BCUT2D eigenvalue weighted by Gasteiger charge is 2.15. The zero-order valence-corrected chi connectivity index (χ0v) is 16.0. The number of nitrogens with zero attached hydrogens (tertiary/aromatic N) is 2. The van der Waals surface area contributed by atoms with Crippen molar-refractivity contribution in [3.8, 4) is 22.9 Å². The van der Waals surface area contributed by atoms with E-state index >= 15 is 0 Å². The number of phenols is 1. The molecule has 112 valence electrons. The van der Waals surface area contributed by atoms with Gasteiger partial charge in [0.25, 0.3) is 0 Å². The van der Waals surface area contributed by atoms with E-state index in [1.807, 2.05) is 0 Å². The Morgan fingerprint density at radius 1 is 1.38 bits per heavy atom. The van der Waals surface area contributed by atoms with E-state index in [4.69, 9.17) is 16.3 Å². The van der Waals surface area contributed by atoms with Gasteiger partial charge in [0.15, 0.2) is 17.3 Å². The van der Waals surface area contributed by atoms with Crippen molar-refractivity contribution in [3.63, 3.8) is 0 Å². The quantitative estimate of drug-likeness (QED) is 0.500. The van der Waals surface area contributed by atoms with Crippen LogP contribution in [0.3, 0.4) is 0 Å². The highest BCUT2D eigenvalue weighted by Crippen LogP contribution is 2.38. The molecule has 1 heterocycles. The topological polar surface area (TPSA) is 55.2 Å². The smallest absolute Gasteiger partial charge is 0.172 e. The van der Waals surface area contributed by atoms with Crippen molar-refractivity contribution in [3.05, 3.63) is 31.0 Å². The third-order valence-electron chi connectivity index (χ3n) is 2.87. The van der Waals surface area contributed by atoms with Crippen molar-refractivity contribution >= 4 is 50.1 Å². The molecule has 0 unspecified atom stereocenters. The number of aryl methyl sites for hydroxylation is 1. The molecule has 2 aromatic rings. The Hall–Kier alpha value is -0.600. The van der Waals surface area contributed by atoms with E-state index in [0.717, 1.165) is 27.7 Å². The van der Waals surface area contributed by atoms with E-state index in [1.165, 1.54) is 7.11 Å². The molecule has 0 fully saturated rings. The molecule has 2 rings (SSSR count). The van der Waals surface area contributed by atoms with Crippen LogP contribution < -0.4 is 4.74 Å². The summed E-state index contributed by atoms with van der Waals surface area (Å²) >= 11 is 11.7. The highest BCUT2D eigenvalue weighted by atomic mass is 127. The van der Waals surface area contributed by atoms with Gasteiger partial charge in [-0.05, 0) is 57.1 Å². The van der Waals surface area contributed by atoms with Gasteiger partial charge in [-0.3, -0.25) is 0 Å². The van der Waals surface area contributed by atoms with Crippen molar-refractivity contribution in [2.45, 2.75) is 19.8 Å². The second kappa shape index (κ2) is 7.11. The Balaban J connectivity index is 2.59. The predicted octanol–water partition coefficient (Wildman–Crippen LogP) is 4.83. The van der Waals surface area contributed by atoms with Crippen LogP contribution in [0.15, 0.2) is 16.6 Å². The van der Waals surface area contributed by atoms with Crippen LogP contribution in [-0.2, 0) is 6.42 Å². The lowest BCUT2D eigenvalue weighted by Gasteiger charge is -2.10. The minimum atomic E-state index is 0.0478. The standard InChI is InChI=1S/C14H13BrClIN2O2/c1-3-4-9-11(17)13(16)19-14(18-9)7-5-8(15)12(20)10(6-7)21-2/h5-6,20H,3-4H2,1-2H3. The van der Waals surface area contributed by atoms with Gasteiger partial charge in [-0.1, -0.05) is 24.9 Å². The molecule has 0 amide bonds. The predicted molar refractivity (Wildman–Crippen MR) is 95.1 cm³/mol. The van der Waals surface area contributed by atoms with Gasteiger partial charge in [0.2, 0.25) is 0 Å². The maximum Gasteiger partial charge on any atom is 0.172 e. The van der Waals surface area contributed by atoms with E-state index < -0.39 is 0 Å². The zero-order valence-electron chi connectivity index (χ0n) is 11.5. The number of rotatable bonds is 4. The molecular formula is C14H13BrClIN2O2. The summed E-state index contributed by atoms with van der Waals surface area (Å²) in [6.45, 7) is 2.09. The van der Waals surface area contributed by atoms with Gasteiger partial charge in [0, 0.05) is 5.56 Å². The van der Waals surface area contributed by atoms with Crippen LogP contribution in [0.2, 0.25) is 5.15 Å². The molecular weight excluding hydrogens is 470 g/mol. The van der Waals surface area contributed by atoms with Crippen molar-refractivity contribution in [1.82, 2.24) is 9.97 Å². The second-order valence-corrected chi connectivity index (χ2v) is 6.65. The lowest BCUT2D eigenvalue weighted by atomic mass is 10.1. The third-order valence-corrected chi connectivity index (χ3v) is 5.20. The van der Waals surface area contributed by atoms with Crippen molar-refractivity contribution in [1.29, 1.82) is 0 Å². The summed E-state index contributed by atoms with van der Waals surface area (Å²) < 4.78 is 6.55. The van der Waals surface area contributed by atoms with Crippen LogP contribution in [-0.4, -0.2) is 22.2 Å². The minimum absolute atomic E-state index is 0.0478. The first-order valence-corrected chi connectivity index (χ1v) is 8.51. The molecule has 0 saturated heterocycles. The zero-order chi connectivity index (χ0) is 15.6. The molecule has 1 aromatic heterocycles. The van der Waals surface area contributed by atoms with Crippen molar-refractivity contribution in [2.24, 2.45) is 0 Å². The number of hydrogen-bond acceptors (Lipinski definition) is 4. The summed E-state index contributed by atoms with van der Waals surface area (Å²) in [5, 5.41) is 10.3. The lowest BCUT2D eigenvalue weighted by Crippen LogP contribution is -2.01. The summed E-state index contributed by atoms with van der Waals surface area (Å²) in [6, 6.07) is 3.43. The summed E-state index contributed by atoms with van der Waals surface area (Å²) in [5.74, 6) is 0.921.